The lowest BCUT2D eigenvalue weighted by molar-refractivity contribution is -0.0651. The lowest BCUT2D eigenvalue weighted by atomic mass is 9.88. The Morgan fingerprint density at radius 1 is 1.29 bits per heavy atom. The molecule has 100 valence electrons. The van der Waals surface area contributed by atoms with Gasteiger partial charge in [0.2, 0.25) is 0 Å². The Morgan fingerprint density at radius 2 is 2.12 bits per heavy atom. The number of fused-ring (bicyclic) bond motifs is 1. The summed E-state index contributed by atoms with van der Waals surface area (Å²) >= 11 is 2.08. The van der Waals surface area contributed by atoms with Crippen molar-refractivity contribution in [3.8, 4) is 0 Å². The van der Waals surface area contributed by atoms with Crippen LogP contribution in [0.25, 0.3) is 0 Å². The van der Waals surface area contributed by atoms with Gasteiger partial charge in [-0.1, -0.05) is 20.8 Å². The molecule has 2 nitrogen and oxygen atoms in total. The van der Waals surface area contributed by atoms with E-state index < -0.39 is 0 Å². The second-order valence-corrected chi connectivity index (χ2v) is 8.28. The third-order valence-corrected chi connectivity index (χ3v) is 4.99. The Morgan fingerprint density at radius 3 is 2.88 bits per heavy atom. The van der Waals surface area contributed by atoms with Gasteiger partial charge >= 0.3 is 0 Å². The number of hydrogen-bond acceptors (Lipinski definition) is 3. The summed E-state index contributed by atoms with van der Waals surface area (Å²) in [6.07, 6.45) is 4.49. The highest BCUT2D eigenvalue weighted by Gasteiger charge is 2.31. The van der Waals surface area contributed by atoms with Gasteiger partial charge in [-0.15, -0.1) is 0 Å². The lowest BCUT2D eigenvalue weighted by Gasteiger charge is -2.41. The molecule has 0 bridgehead atoms. The number of thioether (sulfide) groups is 1. The maximum Gasteiger partial charge on any atom is 0.0627 e. The molecular formula is C14H27NOS. The molecule has 2 aliphatic rings. The number of nitrogens with zero attached hydrogens (tertiary/aromatic N) is 1. The molecular weight excluding hydrogens is 230 g/mol. The van der Waals surface area contributed by atoms with Gasteiger partial charge in [0.1, 0.15) is 0 Å². The minimum atomic E-state index is 0.409. The summed E-state index contributed by atoms with van der Waals surface area (Å²) in [5, 5.41) is 0. The van der Waals surface area contributed by atoms with Crippen molar-refractivity contribution in [3.05, 3.63) is 0 Å². The van der Waals surface area contributed by atoms with E-state index >= 15 is 0 Å². The predicted molar refractivity (Wildman–Crippen MR) is 75.7 cm³/mol. The molecule has 2 fully saturated rings. The number of rotatable bonds is 3. The summed E-state index contributed by atoms with van der Waals surface area (Å²) in [6, 6.07) is 0. The molecule has 0 aromatic heterocycles. The van der Waals surface area contributed by atoms with Crippen LogP contribution in [-0.4, -0.2) is 47.7 Å². The summed E-state index contributed by atoms with van der Waals surface area (Å²) < 4.78 is 6.27. The van der Waals surface area contributed by atoms with E-state index in [9.17, 15) is 0 Å². The summed E-state index contributed by atoms with van der Waals surface area (Å²) in [6.45, 7) is 11.7. The van der Waals surface area contributed by atoms with Crippen molar-refractivity contribution in [2.75, 3.05) is 32.0 Å². The molecule has 0 spiro atoms. The molecule has 0 aliphatic carbocycles. The van der Waals surface area contributed by atoms with Crippen LogP contribution >= 0.6 is 11.8 Å². The van der Waals surface area contributed by atoms with Crippen LogP contribution in [0.1, 0.15) is 40.0 Å². The average molecular weight is 257 g/mol. The van der Waals surface area contributed by atoms with Gasteiger partial charge < -0.3 is 9.64 Å². The smallest absolute Gasteiger partial charge is 0.0627 e. The fraction of sp³-hybridized carbons (Fsp3) is 1.00. The maximum atomic E-state index is 5.86. The normalized spacial score (nSPS) is 31.2. The van der Waals surface area contributed by atoms with Crippen molar-refractivity contribution in [1.29, 1.82) is 0 Å². The van der Waals surface area contributed by atoms with Crippen molar-refractivity contribution in [1.82, 2.24) is 4.90 Å². The Bertz CT molecular complexity index is 239. The van der Waals surface area contributed by atoms with Crippen molar-refractivity contribution < 1.29 is 4.74 Å². The highest BCUT2D eigenvalue weighted by atomic mass is 32.2. The van der Waals surface area contributed by atoms with Gasteiger partial charge in [0.25, 0.3) is 0 Å². The van der Waals surface area contributed by atoms with Crippen LogP contribution in [-0.2, 0) is 4.74 Å². The quantitative estimate of drug-likeness (QED) is 0.771. The van der Waals surface area contributed by atoms with Crippen LogP contribution in [0, 0.1) is 5.92 Å². The van der Waals surface area contributed by atoms with Crippen LogP contribution < -0.4 is 0 Å². The van der Waals surface area contributed by atoms with Crippen molar-refractivity contribution in [3.63, 3.8) is 0 Å². The first-order valence-electron chi connectivity index (χ1n) is 7.02. The van der Waals surface area contributed by atoms with E-state index in [1.54, 1.807) is 0 Å². The molecule has 0 amide bonds. The molecule has 0 radical (unpaired) electrons. The summed E-state index contributed by atoms with van der Waals surface area (Å²) in [5.74, 6) is 2.08. The minimum Gasteiger partial charge on any atom is -0.378 e. The van der Waals surface area contributed by atoms with Gasteiger partial charge in [0.05, 0.1) is 6.10 Å². The van der Waals surface area contributed by atoms with Gasteiger partial charge in [-0.25, -0.2) is 0 Å². The molecule has 0 N–H and O–H groups in total. The zero-order chi connectivity index (χ0) is 12.3. The molecule has 17 heavy (non-hydrogen) atoms. The minimum absolute atomic E-state index is 0.409. The summed E-state index contributed by atoms with van der Waals surface area (Å²) in [7, 11) is 0. The van der Waals surface area contributed by atoms with Crippen LogP contribution in [0.4, 0.5) is 0 Å². The number of piperidine rings is 1. The van der Waals surface area contributed by atoms with Crippen LogP contribution in [0.5, 0.6) is 0 Å². The number of ether oxygens (including phenoxy) is 1. The zero-order valence-electron chi connectivity index (χ0n) is 11.6. The van der Waals surface area contributed by atoms with Crippen LogP contribution in [0.3, 0.4) is 0 Å². The topological polar surface area (TPSA) is 12.5 Å². The molecule has 2 saturated heterocycles. The van der Waals surface area contributed by atoms with E-state index in [1.165, 1.54) is 44.6 Å². The number of hydrogen-bond donors (Lipinski definition) is 0. The molecule has 2 heterocycles. The standard InChI is InChI=1S/C14H27NOS/c1-14(2,3)17-10-8-15-7-6-13-12(11-15)5-4-9-16-13/h12-13H,4-11H2,1-3H3/t12-,13-/m0/s1. The van der Waals surface area contributed by atoms with E-state index in [0.29, 0.717) is 10.9 Å². The molecule has 2 rings (SSSR count). The molecule has 3 heteroatoms. The molecule has 0 aromatic carbocycles. The summed E-state index contributed by atoms with van der Waals surface area (Å²) in [4.78, 5) is 2.65. The Hall–Kier alpha value is 0.270. The van der Waals surface area contributed by atoms with E-state index in [0.717, 1.165) is 12.5 Å². The van der Waals surface area contributed by atoms with Crippen LogP contribution in [0.15, 0.2) is 0 Å². The van der Waals surface area contributed by atoms with Crippen molar-refractivity contribution in [2.24, 2.45) is 5.92 Å². The van der Waals surface area contributed by atoms with Crippen molar-refractivity contribution >= 4 is 11.8 Å². The maximum absolute atomic E-state index is 5.86. The fourth-order valence-electron chi connectivity index (χ4n) is 2.85. The van der Waals surface area contributed by atoms with E-state index in [-0.39, 0.29) is 0 Å². The third-order valence-electron chi connectivity index (χ3n) is 3.74. The first-order valence-corrected chi connectivity index (χ1v) is 8.01. The first-order chi connectivity index (χ1) is 8.04. The van der Waals surface area contributed by atoms with Gasteiger partial charge in [0.15, 0.2) is 0 Å². The third kappa shape index (κ3) is 4.46. The molecule has 0 saturated carbocycles. The van der Waals surface area contributed by atoms with Gasteiger partial charge in [-0.05, 0) is 25.2 Å². The van der Waals surface area contributed by atoms with Gasteiger partial charge in [0, 0.05) is 36.7 Å². The number of likely N-dealkylation sites (tertiary alicyclic amines) is 1. The SMILES string of the molecule is CC(C)(C)SCCN1CC[C@@H]2OCCC[C@H]2C1. The first kappa shape index (κ1) is 13.7. The van der Waals surface area contributed by atoms with Gasteiger partial charge in [-0.3, -0.25) is 0 Å². The molecule has 2 atom stereocenters. The molecule has 2 aliphatic heterocycles. The monoisotopic (exact) mass is 257 g/mol. The predicted octanol–water partition coefficient (Wildman–Crippen LogP) is 3.02. The molecule has 0 aromatic rings. The lowest BCUT2D eigenvalue weighted by Crippen LogP contribution is -2.46. The van der Waals surface area contributed by atoms with Gasteiger partial charge in [-0.2, -0.15) is 11.8 Å². The Kier molecular flexibility index (Phi) is 4.79. The Labute approximate surface area is 110 Å². The second kappa shape index (κ2) is 5.94. The second-order valence-electron chi connectivity index (χ2n) is 6.36. The fourth-order valence-corrected chi connectivity index (χ4v) is 3.81. The van der Waals surface area contributed by atoms with E-state index in [2.05, 4.69) is 37.4 Å². The Balaban J connectivity index is 1.69. The van der Waals surface area contributed by atoms with Crippen LogP contribution in [0.2, 0.25) is 0 Å². The van der Waals surface area contributed by atoms with E-state index in [4.69, 9.17) is 4.74 Å². The highest BCUT2D eigenvalue weighted by molar-refractivity contribution is 8.00. The molecule has 0 unspecified atom stereocenters. The average Bonchev–Trinajstić information content (AvgIpc) is 2.27. The zero-order valence-corrected chi connectivity index (χ0v) is 12.4. The van der Waals surface area contributed by atoms with Crippen molar-refractivity contribution in [2.45, 2.75) is 50.9 Å². The summed E-state index contributed by atoms with van der Waals surface area (Å²) in [5.41, 5.74) is 0. The van der Waals surface area contributed by atoms with E-state index in [1.807, 2.05) is 0 Å². The largest absolute Gasteiger partial charge is 0.378 e. The highest BCUT2D eigenvalue weighted by Crippen LogP contribution is 2.29.